The lowest BCUT2D eigenvalue weighted by Crippen LogP contribution is -2.21. The maximum absolute atomic E-state index is 10.4. The van der Waals surface area contributed by atoms with E-state index in [-0.39, 0.29) is 5.91 Å². The molecule has 3 nitrogen and oxygen atoms in total. The lowest BCUT2D eigenvalue weighted by Gasteiger charge is -1.96. The summed E-state index contributed by atoms with van der Waals surface area (Å²) in [4.78, 5) is 14.8. The van der Waals surface area contributed by atoms with Crippen LogP contribution in [0.1, 0.15) is 6.42 Å². The van der Waals surface area contributed by atoms with Gasteiger partial charge in [-0.1, -0.05) is 22.6 Å². The zero-order valence-electron chi connectivity index (χ0n) is 4.61. The summed E-state index contributed by atoms with van der Waals surface area (Å²) in [6, 6.07) is 0. The van der Waals surface area contributed by atoms with Gasteiger partial charge in [0.1, 0.15) is 0 Å². The fourth-order valence-corrected chi connectivity index (χ4v) is 0.741. The number of carbonyl (C=O) groups excluding carboxylic acids is 1. The second kappa shape index (κ2) is 5.30. The predicted molar refractivity (Wildman–Crippen MR) is 38.7 cm³/mol. The molecule has 0 unspecified atom stereocenters. The SMILES string of the molecule is CONC(=O)CCI. The van der Waals surface area contributed by atoms with Gasteiger partial charge in [-0.25, -0.2) is 5.48 Å². The Morgan fingerprint density at radius 3 is 2.88 bits per heavy atom. The van der Waals surface area contributed by atoms with Crippen LogP contribution in [-0.4, -0.2) is 17.4 Å². The minimum Gasteiger partial charge on any atom is -0.277 e. The second-order valence-electron chi connectivity index (χ2n) is 1.17. The number of hydrogen-bond acceptors (Lipinski definition) is 2. The van der Waals surface area contributed by atoms with Crippen molar-refractivity contribution < 1.29 is 9.63 Å². The third kappa shape index (κ3) is 4.32. The first-order chi connectivity index (χ1) is 3.81. The maximum Gasteiger partial charge on any atom is 0.244 e. The highest BCUT2D eigenvalue weighted by Crippen LogP contribution is 1.86. The van der Waals surface area contributed by atoms with E-state index in [4.69, 9.17) is 0 Å². The van der Waals surface area contributed by atoms with E-state index in [9.17, 15) is 4.79 Å². The van der Waals surface area contributed by atoms with Crippen LogP contribution in [0.4, 0.5) is 0 Å². The standard InChI is InChI=1S/C4H8INO2/c1-8-6-4(7)2-3-5/h2-3H2,1H3,(H,6,7). The summed E-state index contributed by atoms with van der Waals surface area (Å²) >= 11 is 2.13. The molecule has 1 amide bonds. The van der Waals surface area contributed by atoms with Crippen molar-refractivity contribution in [3.63, 3.8) is 0 Å². The molecule has 0 saturated heterocycles. The van der Waals surface area contributed by atoms with Gasteiger partial charge in [-0.15, -0.1) is 0 Å². The molecule has 0 aliphatic heterocycles. The molecular weight excluding hydrogens is 221 g/mol. The van der Waals surface area contributed by atoms with Crippen molar-refractivity contribution in [3.05, 3.63) is 0 Å². The van der Waals surface area contributed by atoms with E-state index in [1.54, 1.807) is 0 Å². The Hall–Kier alpha value is 0.160. The Morgan fingerprint density at radius 2 is 2.50 bits per heavy atom. The molecule has 0 aromatic heterocycles. The fourth-order valence-electron chi connectivity index (χ4n) is 0.251. The van der Waals surface area contributed by atoms with Gasteiger partial charge in [0.25, 0.3) is 0 Å². The van der Waals surface area contributed by atoms with E-state index in [1.165, 1.54) is 7.11 Å². The van der Waals surface area contributed by atoms with Crippen LogP contribution in [0.2, 0.25) is 0 Å². The van der Waals surface area contributed by atoms with Crippen LogP contribution in [0, 0.1) is 0 Å². The quantitative estimate of drug-likeness (QED) is 0.434. The highest BCUT2D eigenvalue weighted by atomic mass is 127. The summed E-state index contributed by atoms with van der Waals surface area (Å²) in [6.07, 6.45) is 0.522. The van der Waals surface area contributed by atoms with Crippen LogP contribution in [-0.2, 0) is 9.63 Å². The molecule has 48 valence electrons. The van der Waals surface area contributed by atoms with Gasteiger partial charge in [0.15, 0.2) is 0 Å². The van der Waals surface area contributed by atoms with Gasteiger partial charge < -0.3 is 0 Å². The largest absolute Gasteiger partial charge is 0.277 e. The molecule has 0 spiro atoms. The van der Waals surface area contributed by atoms with Gasteiger partial charge in [0.05, 0.1) is 7.11 Å². The number of hydroxylamine groups is 1. The summed E-state index contributed by atoms with van der Waals surface area (Å²) in [5, 5.41) is 0. The molecule has 0 aromatic carbocycles. The third-order valence-electron chi connectivity index (χ3n) is 0.537. The van der Waals surface area contributed by atoms with Crippen LogP contribution in [0.5, 0.6) is 0 Å². The molecule has 0 atom stereocenters. The van der Waals surface area contributed by atoms with Crippen LogP contribution in [0.3, 0.4) is 0 Å². The van der Waals surface area contributed by atoms with Crippen molar-refractivity contribution >= 4 is 28.5 Å². The normalized spacial score (nSPS) is 8.75. The van der Waals surface area contributed by atoms with Crippen molar-refractivity contribution in [2.24, 2.45) is 0 Å². The lowest BCUT2D eigenvalue weighted by atomic mass is 10.5. The van der Waals surface area contributed by atoms with Crippen LogP contribution >= 0.6 is 22.6 Å². The first-order valence-corrected chi connectivity index (χ1v) is 3.71. The smallest absolute Gasteiger partial charge is 0.244 e. The number of rotatable bonds is 3. The van der Waals surface area contributed by atoms with Crippen LogP contribution in [0.25, 0.3) is 0 Å². The molecule has 0 saturated carbocycles. The summed E-state index contributed by atoms with van der Waals surface area (Å²) in [6.45, 7) is 0. The molecule has 8 heavy (non-hydrogen) atoms. The number of halogens is 1. The molecule has 0 fully saturated rings. The molecule has 0 aromatic rings. The minimum atomic E-state index is -0.0677. The molecular formula is C4H8INO2. The molecule has 0 aliphatic carbocycles. The molecule has 0 bridgehead atoms. The van der Waals surface area contributed by atoms with Gasteiger partial charge in [0.2, 0.25) is 5.91 Å². The van der Waals surface area contributed by atoms with E-state index < -0.39 is 0 Å². The zero-order chi connectivity index (χ0) is 6.41. The van der Waals surface area contributed by atoms with Gasteiger partial charge in [0, 0.05) is 10.8 Å². The topological polar surface area (TPSA) is 38.3 Å². The third-order valence-corrected chi connectivity index (χ3v) is 1.08. The molecule has 0 rings (SSSR count). The Kier molecular flexibility index (Phi) is 5.41. The van der Waals surface area contributed by atoms with Crippen LogP contribution in [0.15, 0.2) is 0 Å². The monoisotopic (exact) mass is 229 g/mol. The highest BCUT2D eigenvalue weighted by molar-refractivity contribution is 14.1. The first kappa shape index (κ1) is 8.16. The molecule has 0 heterocycles. The molecule has 0 aliphatic rings. The molecule has 4 heteroatoms. The van der Waals surface area contributed by atoms with Crippen molar-refractivity contribution in [3.8, 4) is 0 Å². The minimum absolute atomic E-state index is 0.0677. The van der Waals surface area contributed by atoms with Crippen LogP contribution < -0.4 is 5.48 Å². The van der Waals surface area contributed by atoms with Crippen molar-refractivity contribution in [1.29, 1.82) is 0 Å². The summed E-state index contributed by atoms with van der Waals surface area (Å²) in [5.74, 6) is -0.0677. The first-order valence-electron chi connectivity index (χ1n) is 2.19. The Labute approximate surface area is 61.9 Å². The highest BCUT2D eigenvalue weighted by Gasteiger charge is 1.94. The second-order valence-corrected chi connectivity index (χ2v) is 2.25. The van der Waals surface area contributed by atoms with Crippen molar-refractivity contribution in [2.75, 3.05) is 11.5 Å². The van der Waals surface area contributed by atoms with Gasteiger partial charge in [-0.3, -0.25) is 9.63 Å². The van der Waals surface area contributed by atoms with Gasteiger partial charge in [-0.2, -0.15) is 0 Å². The average molecular weight is 229 g/mol. The zero-order valence-corrected chi connectivity index (χ0v) is 6.77. The van der Waals surface area contributed by atoms with Gasteiger partial charge >= 0.3 is 0 Å². The summed E-state index contributed by atoms with van der Waals surface area (Å²) < 4.78 is 0.826. The number of amides is 1. The Balaban J connectivity index is 3.06. The number of alkyl halides is 1. The number of hydrogen-bond donors (Lipinski definition) is 1. The molecule has 1 N–H and O–H groups in total. The van der Waals surface area contributed by atoms with Crippen molar-refractivity contribution in [1.82, 2.24) is 5.48 Å². The van der Waals surface area contributed by atoms with E-state index in [0.29, 0.717) is 6.42 Å². The van der Waals surface area contributed by atoms with E-state index >= 15 is 0 Å². The van der Waals surface area contributed by atoms with E-state index in [2.05, 4.69) is 32.9 Å². The molecule has 0 radical (unpaired) electrons. The number of carbonyl (C=O) groups is 1. The maximum atomic E-state index is 10.4. The fraction of sp³-hybridized carbons (Fsp3) is 0.750. The predicted octanol–water partition coefficient (Wildman–Crippen LogP) is 0.489. The number of nitrogens with one attached hydrogen (secondary N) is 1. The lowest BCUT2D eigenvalue weighted by molar-refractivity contribution is -0.130. The Morgan fingerprint density at radius 1 is 1.88 bits per heavy atom. The Bertz CT molecular complexity index is 68.4. The van der Waals surface area contributed by atoms with E-state index in [1.807, 2.05) is 0 Å². The summed E-state index contributed by atoms with van der Waals surface area (Å²) in [7, 11) is 1.42. The average Bonchev–Trinajstić information content (AvgIpc) is 1.68. The van der Waals surface area contributed by atoms with E-state index in [0.717, 1.165) is 4.43 Å². The van der Waals surface area contributed by atoms with Gasteiger partial charge in [-0.05, 0) is 0 Å². The van der Waals surface area contributed by atoms with Crippen molar-refractivity contribution in [2.45, 2.75) is 6.42 Å². The summed E-state index contributed by atoms with van der Waals surface area (Å²) in [5.41, 5.74) is 2.20.